The van der Waals surface area contributed by atoms with Gasteiger partial charge < -0.3 is 5.11 Å². The second-order valence-electron chi connectivity index (χ2n) is 16.3. The molecule has 4 nitrogen and oxygen atoms in total. The van der Waals surface area contributed by atoms with Crippen LogP contribution in [-0.2, 0) is 21.1 Å². The number of phenolic OH excluding ortho intramolecular Hbond substituents is 1. The predicted molar refractivity (Wildman–Crippen MR) is 254 cm³/mol. The molecule has 9 rings (SSSR count). The molecule has 0 unspecified atom stereocenters. The van der Waals surface area contributed by atoms with E-state index >= 15 is 0 Å². The first-order valence-electron chi connectivity index (χ1n) is 23.1. The first-order valence-corrected chi connectivity index (χ1v) is 20.6. The largest absolute Gasteiger partial charge is 0.507 e. The minimum atomic E-state index is -2.58. The fourth-order valence-corrected chi connectivity index (χ4v) is 8.19. The number of pyridine rings is 1. The Kier molecular flexibility index (Phi) is 10.3. The number of para-hydroxylation sites is 1. The number of fused-ring (bicyclic) bond motifs is 1. The number of nitrogens with zero attached hydrogens (tertiary/aromatic N) is 3. The SMILES string of the molecule is [2H]C([2H])([2H])c1cc(-c2cc(C([2H])(C)C)cc(C([2H])(C)C)c2)ccc1-n1c(-c2cc(C)cc(C)c2O)nc2c(-c3[c-]c(-c4cc(-c5ccccc5)ccn4)cc(-c4ccccc4)c3)cccc21.[Pt]. The summed E-state index contributed by atoms with van der Waals surface area (Å²) in [4.78, 5) is 10.2. The summed E-state index contributed by atoms with van der Waals surface area (Å²) in [5.74, 6) is -1.48. The van der Waals surface area contributed by atoms with Crippen molar-refractivity contribution in [2.75, 3.05) is 0 Å². The van der Waals surface area contributed by atoms with E-state index in [0.717, 1.165) is 66.9 Å². The number of rotatable bonds is 9. The van der Waals surface area contributed by atoms with Crippen LogP contribution in [0.25, 0.3) is 83.9 Å². The number of phenols is 1. The Morgan fingerprint density at radius 3 is 1.92 bits per heavy atom. The van der Waals surface area contributed by atoms with Crippen LogP contribution in [0.1, 0.15) is 74.2 Å². The maximum Gasteiger partial charge on any atom is 0.148 e. The Labute approximate surface area is 387 Å². The molecule has 9 aromatic rings. The minimum absolute atomic E-state index is 0. The molecule has 0 aliphatic rings. The van der Waals surface area contributed by atoms with Gasteiger partial charge >= 0.3 is 0 Å². The maximum atomic E-state index is 11.8. The zero-order valence-corrected chi connectivity index (χ0v) is 37.9. The van der Waals surface area contributed by atoms with E-state index < -0.39 is 18.6 Å². The minimum Gasteiger partial charge on any atom is -0.507 e. The Morgan fingerprint density at radius 1 is 0.597 bits per heavy atom. The van der Waals surface area contributed by atoms with E-state index in [4.69, 9.17) is 16.8 Å². The molecule has 2 aromatic heterocycles. The molecule has 62 heavy (non-hydrogen) atoms. The number of aromatic hydroxyl groups is 1. The van der Waals surface area contributed by atoms with E-state index in [1.165, 1.54) is 0 Å². The van der Waals surface area contributed by atoms with Gasteiger partial charge in [-0.2, -0.15) is 0 Å². The molecule has 0 spiro atoms. The van der Waals surface area contributed by atoms with E-state index in [2.05, 4.69) is 48.5 Å². The molecular weight excluding hydrogens is 938 g/mol. The van der Waals surface area contributed by atoms with Crippen molar-refractivity contribution in [2.24, 2.45) is 0 Å². The van der Waals surface area contributed by atoms with Crippen LogP contribution >= 0.6 is 0 Å². The molecule has 1 N–H and O–H groups in total. The number of benzene rings is 7. The van der Waals surface area contributed by atoms with Crippen LogP contribution in [0.5, 0.6) is 5.75 Å². The predicted octanol–water partition coefficient (Wildman–Crippen LogP) is 15.1. The van der Waals surface area contributed by atoms with Crippen molar-refractivity contribution in [1.82, 2.24) is 14.5 Å². The van der Waals surface area contributed by atoms with Crippen LogP contribution in [0.15, 0.2) is 158 Å². The van der Waals surface area contributed by atoms with E-state index in [9.17, 15) is 5.11 Å². The zero-order valence-electron chi connectivity index (χ0n) is 40.6. The van der Waals surface area contributed by atoms with Gasteiger partial charge in [-0.3, -0.25) is 9.55 Å². The van der Waals surface area contributed by atoms with E-state index in [0.29, 0.717) is 39.2 Å². The smallest absolute Gasteiger partial charge is 0.148 e. The molecule has 0 saturated carbocycles. The Morgan fingerprint density at radius 2 is 1.24 bits per heavy atom. The van der Waals surface area contributed by atoms with Crippen molar-refractivity contribution in [1.29, 1.82) is 0 Å². The summed E-state index contributed by atoms with van der Waals surface area (Å²) in [7, 11) is 0. The van der Waals surface area contributed by atoms with E-state index in [-0.39, 0.29) is 32.4 Å². The van der Waals surface area contributed by atoms with Gasteiger partial charge in [-0.05, 0) is 118 Å². The molecule has 0 atom stereocenters. The number of hydrogen-bond donors (Lipinski definition) is 1. The van der Waals surface area contributed by atoms with Crippen molar-refractivity contribution in [3.05, 3.63) is 192 Å². The number of aromatic nitrogens is 3. The second-order valence-corrected chi connectivity index (χ2v) is 16.3. The van der Waals surface area contributed by atoms with Gasteiger partial charge in [-0.15, -0.1) is 23.8 Å². The van der Waals surface area contributed by atoms with Gasteiger partial charge in [-0.1, -0.05) is 154 Å². The number of aryl methyl sites for hydroxylation is 3. The fourth-order valence-electron chi connectivity index (χ4n) is 8.19. The van der Waals surface area contributed by atoms with Crippen LogP contribution in [0.4, 0.5) is 0 Å². The molecule has 5 heteroatoms. The Bertz CT molecular complexity index is 3260. The molecule has 2 heterocycles. The summed E-state index contributed by atoms with van der Waals surface area (Å²) in [6.07, 6.45) is 1.82. The van der Waals surface area contributed by atoms with Crippen LogP contribution in [0.2, 0.25) is 0 Å². The van der Waals surface area contributed by atoms with Crippen molar-refractivity contribution in [2.45, 2.75) is 60.2 Å². The van der Waals surface area contributed by atoms with Gasteiger partial charge in [-0.25, -0.2) is 4.98 Å². The average Bonchev–Trinajstić information content (AvgIpc) is 3.69. The quantitative estimate of drug-likeness (QED) is 0.147. The number of imidazole rings is 1. The summed E-state index contributed by atoms with van der Waals surface area (Å²) in [5, 5.41) is 11.8. The number of hydrogen-bond acceptors (Lipinski definition) is 3. The van der Waals surface area contributed by atoms with Gasteiger partial charge in [0.2, 0.25) is 0 Å². The first-order chi connectivity index (χ1) is 31.3. The van der Waals surface area contributed by atoms with Crippen molar-refractivity contribution >= 4 is 11.0 Å². The molecule has 0 bridgehead atoms. The average molecular weight is 993 g/mol. The summed E-state index contributed by atoms with van der Waals surface area (Å²) in [6, 6.07) is 53.2. The van der Waals surface area contributed by atoms with Crippen molar-refractivity contribution < 1.29 is 33.0 Å². The summed E-state index contributed by atoms with van der Waals surface area (Å²) < 4.78 is 46.6. The molecule has 7 aromatic carbocycles. The Hall–Kier alpha value is -6.35. The van der Waals surface area contributed by atoms with Gasteiger partial charge in [0.25, 0.3) is 0 Å². The van der Waals surface area contributed by atoms with Gasteiger partial charge in [0.15, 0.2) is 0 Å². The maximum absolute atomic E-state index is 11.8. The van der Waals surface area contributed by atoms with E-state index in [1.807, 2.05) is 155 Å². The monoisotopic (exact) mass is 992 g/mol. The normalized spacial score (nSPS) is 13.1. The molecule has 310 valence electrons. The van der Waals surface area contributed by atoms with Crippen LogP contribution in [0, 0.1) is 26.8 Å². The van der Waals surface area contributed by atoms with Crippen LogP contribution in [-0.4, -0.2) is 19.6 Å². The molecule has 0 aliphatic carbocycles. The summed E-state index contributed by atoms with van der Waals surface area (Å²) in [5.41, 5.74) is 13.7. The Balaban J connectivity index is 0.00000608. The summed E-state index contributed by atoms with van der Waals surface area (Å²) in [6.45, 7) is 8.46. The van der Waals surface area contributed by atoms with Crippen LogP contribution < -0.4 is 0 Å². The standard InChI is InChI=1S/C57H50N3O.Pt/c1-35(2)44-28-45(36(3)4)30-47(29-44)42-21-22-53(38(6)27-42)60-54-20-14-19-50(55(54)59-57(60)51-26-37(5)25-39(7)56(51)61)48-31-46(41-17-12-9-13-18-41)32-49(33-48)52-34-43(23-24-58-52)40-15-10-8-11-16-40;/h8-32,34-36,61H,1-7H3;/q-1;/i6D3,35D,36D;. The molecular formula is C57H50N3OPt-. The third-order valence-electron chi connectivity index (χ3n) is 11.4. The zero-order chi connectivity index (χ0) is 46.7. The fraction of sp³-hybridized carbons (Fsp3) is 0.158. The second kappa shape index (κ2) is 17.6. The first kappa shape index (κ1) is 36.3. The molecule has 0 radical (unpaired) electrons. The molecule has 0 amide bonds. The molecule has 0 aliphatic heterocycles. The van der Waals surface area contributed by atoms with Gasteiger partial charge in [0.05, 0.1) is 22.3 Å². The van der Waals surface area contributed by atoms with Gasteiger partial charge in [0, 0.05) is 39.8 Å². The third-order valence-corrected chi connectivity index (χ3v) is 11.4. The summed E-state index contributed by atoms with van der Waals surface area (Å²) >= 11 is 0. The molecule has 0 saturated heterocycles. The molecule has 0 fully saturated rings. The third kappa shape index (κ3) is 8.20. The van der Waals surface area contributed by atoms with Crippen LogP contribution in [0.3, 0.4) is 0 Å². The van der Waals surface area contributed by atoms with Crippen molar-refractivity contribution in [3.8, 4) is 78.6 Å². The van der Waals surface area contributed by atoms with E-state index in [1.54, 1.807) is 6.07 Å². The van der Waals surface area contributed by atoms with Gasteiger partial charge in [0.1, 0.15) is 11.6 Å². The topological polar surface area (TPSA) is 50.9 Å². The van der Waals surface area contributed by atoms with Crippen molar-refractivity contribution in [3.63, 3.8) is 0 Å².